The van der Waals surface area contributed by atoms with Crippen molar-refractivity contribution in [3.63, 3.8) is 0 Å². The minimum atomic E-state index is -1.01. The lowest BCUT2D eigenvalue weighted by molar-refractivity contribution is 0.0940. The third kappa shape index (κ3) is 3.42. The maximum absolute atomic E-state index is 13.7. The molecule has 3 N–H and O–H groups in total. The molecule has 0 atom stereocenters. The minimum Gasteiger partial charge on any atom is -0.396 e. The maximum Gasteiger partial charge on any atom is 0.257 e. The molecule has 0 radical (unpaired) electrons. The highest BCUT2D eigenvalue weighted by atomic mass is 32.2. The molecule has 0 unspecified atom stereocenters. The summed E-state index contributed by atoms with van der Waals surface area (Å²) in [7, 11) is 0. The topological polar surface area (TPSA) is 55.1 Å². The van der Waals surface area contributed by atoms with Crippen LogP contribution in [0.4, 0.5) is 14.5 Å². The molecule has 0 saturated heterocycles. The van der Waals surface area contributed by atoms with Crippen molar-refractivity contribution in [1.82, 2.24) is 5.32 Å². The lowest BCUT2D eigenvalue weighted by atomic mass is 10.0. The van der Waals surface area contributed by atoms with Crippen molar-refractivity contribution >= 4 is 23.4 Å². The van der Waals surface area contributed by atoms with Gasteiger partial charge in [0.1, 0.15) is 11.4 Å². The molecule has 0 bridgehead atoms. The molecule has 3 nitrogen and oxygen atoms in total. The molecule has 0 saturated carbocycles. The summed E-state index contributed by atoms with van der Waals surface area (Å²) >= 11 is 1.64. The maximum atomic E-state index is 13.7. The van der Waals surface area contributed by atoms with Crippen molar-refractivity contribution < 1.29 is 13.6 Å². The lowest BCUT2D eigenvalue weighted by Gasteiger charge is -2.29. The molecule has 6 heteroatoms. The van der Waals surface area contributed by atoms with Gasteiger partial charge in [-0.1, -0.05) is 13.8 Å². The fourth-order valence-corrected chi connectivity index (χ4v) is 2.76. The van der Waals surface area contributed by atoms with Crippen molar-refractivity contribution in [3.05, 3.63) is 29.3 Å². The van der Waals surface area contributed by atoms with Crippen molar-refractivity contribution in [2.24, 2.45) is 0 Å². The van der Waals surface area contributed by atoms with Crippen LogP contribution >= 0.6 is 11.8 Å². The summed E-state index contributed by atoms with van der Waals surface area (Å²) in [5.74, 6) is -2.69. The van der Waals surface area contributed by atoms with Crippen molar-refractivity contribution in [2.75, 3.05) is 18.5 Å². The number of amides is 1. The molecule has 0 heterocycles. The highest BCUT2D eigenvalue weighted by Gasteiger charge is 2.27. The third-order valence-corrected chi connectivity index (χ3v) is 5.23. The first-order valence-corrected chi connectivity index (χ1v) is 7.70. The molecule has 0 spiro atoms. The van der Waals surface area contributed by atoms with Gasteiger partial charge in [-0.25, -0.2) is 8.78 Å². The van der Waals surface area contributed by atoms with Crippen LogP contribution in [0.5, 0.6) is 0 Å². The van der Waals surface area contributed by atoms with E-state index >= 15 is 0 Å². The van der Waals surface area contributed by atoms with Crippen molar-refractivity contribution in [3.8, 4) is 0 Å². The second-order valence-electron chi connectivity index (χ2n) is 4.60. The van der Waals surface area contributed by atoms with Gasteiger partial charge in [-0.2, -0.15) is 11.8 Å². The van der Waals surface area contributed by atoms with Crippen LogP contribution in [0, 0.1) is 11.6 Å². The number of carbonyl (C=O) groups is 1. The van der Waals surface area contributed by atoms with Crippen molar-refractivity contribution in [1.29, 1.82) is 0 Å². The van der Waals surface area contributed by atoms with Gasteiger partial charge in [-0.15, -0.1) is 0 Å². The molecule has 112 valence electrons. The van der Waals surface area contributed by atoms with E-state index in [0.717, 1.165) is 25.0 Å². The summed E-state index contributed by atoms with van der Waals surface area (Å²) in [4.78, 5) is 12.0. The normalized spacial score (nSPS) is 11.4. The van der Waals surface area contributed by atoms with Gasteiger partial charge in [0.05, 0.1) is 5.69 Å². The monoisotopic (exact) mass is 302 g/mol. The van der Waals surface area contributed by atoms with Crippen LogP contribution in [0.3, 0.4) is 0 Å². The number of nitrogens with one attached hydrogen (secondary N) is 1. The molecule has 1 aromatic carbocycles. The van der Waals surface area contributed by atoms with E-state index in [1.165, 1.54) is 0 Å². The molecule has 1 amide bonds. The average molecular weight is 302 g/mol. The van der Waals surface area contributed by atoms with Crippen LogP contribution in [0.25, 0.3) is 0 Å². The summed E-state index contributed by atoms with van der Waals surface area (Å²) in [6, 6.07) is 2.10. The molecule has 20 heavy (non-hydrogen) atoms. The van der Waals surface area contributed by atoms with Gasteiger partial charge in [0.15, 0.2) is 5.82 Å². The number of nitrogens with two attached hydrogens (primary N) is 1. The number of benzene rings is 1. The summed E-state index contributed by atoms with van der Waals surface area (Å²) in [5.41, 5.74) is 4.51. The van der Waals surface area contributed by atoms with Gasteiger partial charge in [-0.05, 0) is 31.2 Å². The largest absolute Gasteiger partial charge is 0.396 e. The van der Waals surface area contributed by atoms with E-state index < -0.39 is 23.1 Å². The molecule has 0 aromatic heterocycles. The van der Waals surface area contributed by atoms with Crippen molar-refractivity contribution in [2.45, 2.75) is 31.4 Å². The molecule has 1 rings (SSSR count). The average Bonchev–Trinajstić information content (AvgIpc) is 2.45. The number of rotatable bonds is 6. The van der Waals surface area contributed by atoms with E-state index in [9.17, 15) is 13.6 Å². The molecule has 0 aliphatic heterocycles. The van der Waals surface area contributed by atoms with Gasteiger partial charge in [0, 0.05) is 11.3 Å². The van der Waals surface area contributed by atoms with Crippen LogP contribution < -0.4 is 11.1 Å². The molecular weight excluding hydrogens is 282 g/mol. The number of hydrogen-bond donors (Lipinski definition) is 2. The standard InChI is InChI=1S/C14H20F2N2OS/c1-4-14(5-2,20-3)8-18-13(19)11-9(15)6-7-10(17)12(11)16/h6-7H,4-5,8,17H2,1-3H3,(H,18,19). The van der Waals surface area contributed by atoms with Crippen LogP contribution in [0.2, 0.25) is 0 Å². The fraction of sp³-hybridized carbons (Fsp3) is 0.500. The Morgan fingerprint density at radius 1 is 1.35 bits per heavy atom. The molecule has 1 aromatic rings. The van der Waals surface area contributed by atoms with Gasteiger partial charge >= 0.3 is 0 Å². The molecule has 0 aliphatic carbocycles. The number of halogens is 2. The summed E-state index contributed by atoms with van der Waals surface area (Å²) in [5, 5.41) is 2.61. The first-order chi connectivity index (χ1) is 9.40. The van der Waals surface area contributed by atoms with Gasteiger partial charge in [0.2, 0.25) is 0 Å². The third-order valence-electron chi connectivity index (χ3n) is 3.64. The Morgan fingerprint density at radius 3 is 2.45 bits per heavy atom. The zero-order valence-electron chi connectivity index (χ0n) is 11.9. The van der Waals surface area contributed by atoms with E-state index in [-0.39, 0.29) is 10.4 Å². The Morgan fingerprint density at radius 2 is 1.95 bits per heavy atom. The second kappa shape index (κ2) is 6.92. The summed E-state index contributed by atoms with van der Waals surface area (Å²) in [6.45, 7) is 4.40. The number of hydrogen-bond acceptors (Lipinski definition) is 3. The smallest absolute Gasteiger partial charge is 0.257 e. The Labute approximate surface area is 122 Å². The van der Waals surface area contributed by atoms with Crippen LogP contribution in [0.15, 0.2) is 12.1 Å². The predicted molar refractivity (Wildman–Crippen MR) is 79.9 cm³/mol. The lowest BCUT2D eigenvalue weighted by Crippen LogP contribution is -2.40. The Hall–Kier alpha value is -1.30. The quantitative estimate of drug-likeness (QED) is 0.793. The molecule has 0 aliphatic rings. The van der Waals surface area contributed by atoms with E-state index in [0.29, 0.717) is 6.54 Å². The second-order valence-corrected chi connectivity index (χ2v) is 5.88. The SMILES string of the molecule is CCC(CC)(CNC(=O)c1c(F)ccc(N)c1F)SC. The Kier molecular flexibility index (Phi) is 5.80. The molecule has 0 fully saturated rings. The minimum absolute atomic E-state index is 0.122. The Bertz CT molecular complexity index is 482. The van der Waals surface area contributed by atoms with E-state index in [1.54, 1.807) is 11.8 Å². The highest BCUT2D eigenvalue weighted by molar-refractivity contribution is 8.00. The van der Waals surface area contributed by atoms with E-state index in [1.807, 2.05) is 20.1 Å². The van der Waals surface area contributed by atoms with Gasteiger partial charge < -0.3 is 11.1 Å². The van der Waals surface area contributed by atoms with E-state index in [2.05, 4.69) is 5.32 Å². The first-order valence-electron chi connectivity index (χ1n) is 6.47. The van der Waals surface area contributed by atoms with Gasteiger partial charge in [-0.3, -0.25) is 4.79 Å². The van der Waals surface area contributed by atoms with Crippen LogP contribution in [0.1, 0.15) is 37.0 Å². The van der Waals surface area contributed by atoms with E-state index in [4.69, 9.17) is 5.73 Å². The van der Waals surface area contributed by atoms with Crippen LogP contribution in [-0.2, 0) is 0 Å². The highest BCUT2D eigenvalue weighted by Crippen LogP contribution is 2.29. The number of carbonyl (C=O) groups excluding carboxylic acids is 1. The zero-order valence-corrected chi connectivity index (χ0v) is 12.7. The van der Waals surface area contributed by atoms with Gasteiger partial charge in [0.25, 0.3) is 5.91 Å². The number of nitrogen functional groups attached to an aromatic ring is 1. The Balaban J connectivity index is 2.90. The first kappa shape index (κ1) is 16.8. The summed E-state index contributed by atoms with van der Waals surface area (Å²) < 4.78 is 27.2. The fourth-order valence-electron chi connectivity index (χ4n) is 1.97. The number of anilines is 1. The zero-order chi connectivity index (χ0) is 15.3. The number of thioether (sulfide) groups is 1. The summed E-state index contributed by atoms with van der Waals surface area (Å²) in [6.07, 6.45) is 3.67. The van der Waals surface area contributed by atoms with Crippen LogP contribution in [-0.4, -0.2) is 23.5 Å². The predicted octanol–water partition coefficient (Wildman–Crippen LogP) is 3.20. The molecular formula is C14H20F2N2OS.